The van der Waals surface area contributed by atoms with Crippen molar-refractivity contribution in [3.63, 3.8) is 0 Å². The lowest BCUT2D eigenvalue weighted by Crippen LogP contribution is -2.49. The highest BCUT2D eigenvalue weighted by Gasteiger charge is 2.36. The summed E-state index contributed by atoms with van der Waals surface area (Å²) in [4.78, 5) is 0. The number of hydrogen-bond donors (Lipinski definition) is 1. The number of nitrogens with one attached hydrogen (secondary N) is 1. The highest BCUT2D eigenvalue weighted by atomic mass is 16.5. The van der Waals surface area contributed by atoms with Crippen molar-refractivity contribution in [3.8, 4) is 6.07 Å². The molecule has 1 N–H and O–H groups in total. The molecule has 18 heavy (non-hydrogen) atoms. The normalized spacial score (nSPS) is 36.4. The van der Waals surface area contributed by atoms with E-state index in [2.05, 4.69) is 18.3 Å². The molecule has 2 rings (SSSR count). The maximum Gasteiger partial charge on any atom is 0.109 e. The van der Waals surface area contributed by atoms with Crippen LogP contribution in [0.3, 0.4) is 0 Å². The fraction of sp³-hybridized carbons (Fsp3) is 0.929. The van der Waals surface area contributed by atoms with E-state index in [0.717, 1.165) is 58.5 Å². The summed E-state index contributed by atoms with van der Waals surface area (Å²) < 4.78 is 11.4. The summed E-state index contributed by atoms with van der Waals surface area (Å²) in [5.74, 6) is 0.558. The number of hydrogen-bond acceptors (Lipinski definition) is 4. The van der Waals surface area contributed by atoms with Gasteiger partial charge in [-0.05, 0) is 32.2 Å². The van der Waals surface area contributed by atoms with E-state index in [1.165, 1.54) is 0 Å². The molecule has 4 heteroatoms. The van der Waals surface area contributed by atoms with E-state index in [4.69, 9.17) is 9.47 Å². The van der Waals surface area contributed by atoms with Crippen molar-refractivity contribution < 1.29 is 9.47 Å². The second-order valence-corrected chi connectivity index (χ2v) is 5.51. The SMILES string of the molecule is CCNC1(C#N)CCCC(OCC2CCOC2)C1. The van der Waals surface area contributed by atoms with Gasteiger partial charge < -0.3 is 9.47 Å². The van der Waals surface area contributed by atoms with Crippen molar-refractivity contribution in [1.82, 2.24) is 5.32 Å². The Balaban J connectivity index is 1.80. The average Bonchev–Trinajstić information content (AvgIpc) is 2.90. The van der Waals surface area contributed by atoms with Gasteiger partial charge in [0.1, 0.15) is 5.54 Å². The van der Waals surface area contributed by atoms with E-state index in [9.17, 15) is 5.26 Å². The Bertz CT molecular complexity index is 293. The third-order valence-electron chi connectivity index (χ3n) is 4.03. The van der Waals surface area contributed by atoms with E-state index >= 15 is 0 Å². The standard InChI is InChI=1S/C14H24N2O2/c1-2-16-14(11-15)6-3-4-13(8-14)18-10-12-5-7-17-9-12/h12-13,16H,2-10H2,1H3. The molecular weight excluding hydrogens is 228 g/mol. The Morgan fingerprint density at radius 3 is 3.06 bits per heavy atom. The maximum absolute atomic E-state index is 9.38. The van der Waals surface area contributed by atoms with Crippen LogP contribution in [0, 0.1) is 17.2 Å². The summed E-state index contributed by atoms with van der Waals surface area (Å²) in [6, 6.07) is 2.46. The molecule has 0 spiro atoms. The molecule has 2 aliphatic rings. The molecule has 2 fully saturated rings. The summed E-state index contributed by atoms with van der Waals surface area (Å²) in [7, 11) is 0. The Morgan fingerprint density at radius 2 is 2.39 bits per heavy atom. The van der Waals surface area contributed by atoms with Gasteiger partial charge in [0.25, 0.3) is 0 Å². The van der Waals surface area contributed by atoms with Crippen LogP contribution in [0.15, 0.2) is 0 Å². The topological polar surface area (TPSA) is 54.3 Å². The van der Waals surface area contributed by atoms with E-state index in [1.54, 1.807) is 0 Å². The third-order valence-corrected chi connectivity index (χ3v) is 4.03. The zero-order chi connectivity index (χ0) is 12.8. The third kappa shape index (κ3) is 3.44. The Kier molecular flexibility index (Phi) is 4.99. The van der Waals surface area contributed by atoms with Crippen LogP contribution in [0.5, 0.6) is 0 Å². The van der Waals surface area contributed by atoms with Gasteiger partial charge in [-0.25, -0.2) is 0 Å². The molecule has 0 bridgehead atoms. The zero-order valence-electron chi connectivity index (χ0n) is 11.3. The van der Waals surface area contributed by atoms with Gasteiger partial charge in [0.2, 0.25) is 0 Å². The number of ether oxygens (including phenoxy) is 2. The minimum absolute atomic E-state index is 0.234. The lowest BCUT2D eigenvalue weighted by atomic mass is 9.81. The van der Waals surface area contributed by atoms with Gasteiger partial charge >= 0.3 is 0 Å². The van der Waals surface area contributed by atoms with Crippen LogP contribution in [-0.4, -0.2) is 38.0 Å². The first-order valence-electron chi connectivity index (χ1n) is 7.13. The van der Waals surface area contributed by atoms with Gasteiger partial charge in [0.15, 0.2) is 0 Å². The summed E-state index contributed by atoms with van der Waals surface area (Å²) in [5.41, 5.74) is -0.357. The van der Waals surface area contributed by atoms with Crippen LogP contribution in [0.1, 0.15) is 39.0 Å². The van der Waals surface area contributed by atoms with Gasteiger partial charge in [-0.3, -0.25) is 5.32 Å². The van der Waals surface area contributed by atoms with E-state index in [1.807, 2.05) is 0 Å². The average molecular weight is 252 g/mol. The maximum atomic E-state index is 9.38. The first-order chi connectivity index (χ1) is 8.78. The number of rotatable bonds is 5. The van der Waals surface area contributed by atoms with E-state index < -0.39 is 0 Å². The molecule has 1 saturated carbocycles. The molecule has 0 amide bonds. The second-order valence-electron chi connectivity index (χ2n) is 5.51. The number of nitriles is 1. The van der Waals surface area contributed by atoms with Crippen LogP contribution < -0.4 is 5.32 Å². The smallest absolute Gasteiger partial charge is 0.109 e. The van der Waals surface area contributed by atoms with Gasteiger partial charge in [0, 0.05) is 18.9 Å². The zero-order valence-corrected chi connectivity index (χ0v) is 11.3. The number of nitrogens with zero attached hydrogens (tertiary/aromatic N) is 1. The van der Waals surface area contributed by atoms with Crippen LogP contribution in [0.4, 0.5) is 0 Å². The first-order valence-corrected chi connectivity index (χ1v) is 7.13. The molecule has 0 aromatic rings. The highest BCUT2D eigenvalue weighted by Crippen LogP contribution is 2.30. The van der Waals surface area contributed by atoms with Crippen molar-refractivity contribution in [2.45, 2.75) is 50.7 Å². The molecule has 3 unspecified atom stereocenters. The Morgan fingerprint density at radius 1 is 1.50 bits per heavy atom. The molecule has 0 aromatic heterocycles. The highest BCUT2D eigenvalue weighted by molar-refractivity contribution is 5.10. The Labute approximate surface area is 110 Å². The monoisotopic (exact) mass is 252 g/mol. The van der Waals surface area contributed by atoms with Gasteiger partial charge in [-0.15, -0.1) is 0 Å². The predicted octanol–water partition coefficient (Wildman–Crippen LogP) is 1.85. The second kappa shape index (κ2) is 6.51. The Hall–Kier alpha value is -0.630. The fourth-order valence-corrected chi connectivity index (χ4v) is 2.99. The first kappa shape index (κ1) is 13.8. The van der Waals surface area contributed by atoms with Crippen LogP contribution in [0.25, 0.3) is 0 Å². The molecule has 3 atom stereocenters. The molecule has 4 nitrogen and oxygen atoms in total. The lowest BCUT2D eigenvalue weighted by Gasteiger charge is -2.36. The van der Waals surface area contributed by atoms with Crippen molar-refractivity contribution in [3.05, 3.63) is 0 Å². The van der Waals surface area contributed by atoms with Gasteiger partial charge in [-0.2, -0.15) is 5.26 Å². The summed E-state index contributed by atoms with van der Waals surface area (Å²) in [6.45, 7) is 5.40. The predicted molar refractivity (Wildman–Crippen MR) is 69.2 cm³/mol. The molecule has 1 saturated heterocycles. The molecule has 102 valence electrons. The van der Waals surface area contributed by atoms with Crippen LogP contribution >= 0.6 is 0 Å². The van der Waals surface area contributed by atoms with E-state index in [0.29, 0.717) is 5.92 Å². The molecule has 0 radical (unpaired) electrons. The minimum Gasteiger partial charge on any atom is -0.381 e. The molecule has 1 aliphatic carbocycles. The van der Waals surface area contributed by atoms with Crippen molar-refractivity contribution in [1.29, 1.82) is 5.26 Å². The summed E-state index contributed by atoms with van der Waals surface area (Å²) in [5, 5.41) is 12.7. The molecule has 1 heterocycles. The van der Waals surface area contributed by atoms with Gasteiger partial charge in [-0.1, -0.05) is 6.92 Å². The summed E-state index contributed by atoms with van der Waals surface area (Å²) >= 11 is 0. The van der Waals surface area contributed by atoms with Gasteiger partial charge in [0.05, 0.1) is 25.4 Å². The molecule has 1 aliphatic heterocycles. The largest absolute Gasteiger partial charge is 0.381 e. The molecular formula is C14H24N2O2. The molecule has 0 aromatic carbocycles. The minimum atomic E-state index is -0.357. The van der Waals surface area contributed by atoms with Crippen LogP contribution in [0.2, 0.25) is 0 Å². The van der Waals surface area contributed by atoms with Crippen molar-refractivity contribution >= 4 is 0 Å². The van der Waals surface area contributed by atoms with Crippen LogP contribution in [-0.2, 0) is 9.47 Å². The van der Waals surface area contributed by atoms with Crippen molar-refractivity contribution in [2.24, 2.45) is 5.92 Å². The fourth-order valence-electron chi connectivity index (χ4n) is 2.99. The summed E-state index contributed by atoms with van der Waals surface area (Å²) in [6.07, 6.45) is 5.28. The lowest BCUT2D eigenvalue weighted by molar-refractivity contribution is -0.00942. The van der Waals surface area contributed by atoms with E-state index in [-0.39, 0.29) is 11.6 Å². The quantitative estimate of drug-likeness (QED) is 0.811. The van der Waals surface area contributed by atoms with Crippen molar-refractivity contribution in [2.75, 3.05) is 26.4 Å².